The number of carbonyl (C=O) groups excluding carboxylic acids is 3. The molecule has 0 unspecified atom stereocenters. The van der Waals surface area contributed by atoms with Gasteiger partial charge in [0, 0.05) is 17.4 Å². The van der Waals surface area contributed by atoms with E-state index in [0.29, 0.717) is 29.5 Å². The van der Waals surface area contributed by atoms with Crippen LogP contribution in [0.2, 0.25) is 0 Å². The molecule has 0 aliphatic carbocycles. The fraction of sp³-hybridized carbons (Fsp3) is 0.303. The Balaban J connectivity index is 1.63. The van der Waals surface area contributed by atoms with Crippen LogP contribution in [0.1, 0.15) is 73.9 Å². The van der Waals surface area contributed by atoms with Gasteiger partial charge in [-0.1, -0.05) is 44.2 Å². The van der Waals surface area contributed by atoms with E-state index in [1.807, 2.05) is 47.9 Å². The van der Waals surface area contributed by atoms with Crippen LogP contribution in [0.4, 0.5) is 5.00 Å². The third-order valence-electron chi connectivity index (χ3n) is 6.90. The van der Waals surface area contributed by atoms with E-state index in [2.05, 4.69) is 37.9 Å². The number of nitrogens with zero attached hydrogens (tertiary/aromatic N) is 1. The smallest absolute Gasteiger partial charge is 0.348 e. The minimum absolute atomic E-state index is 0.0146. The minimum Gasteiger partial charge on any atom is -0.490 e. The second-order valence-corrected chi connectivity index (χ2v) is 11.1. The van der Waals surface area contributed by atoms with Crippen LogP contribution in [0.15, 0.2) is 61.2 Å². The number of carbonyl (C=O) groups is 3. The number of thiophene rings is 1. The fourth-order valence-corrected chi connectivity index (χ4v) is 5.88. The number of benzene rings is 2. The molecule has 4 rings (SSSR count). The van der Waals surface area contributed by atoms with E-state index < -0.39 is 17.8 Å². The summed E-state index contributed by atoms with van der Waals surface area (Å²) >= 11 is 0.987. The molecule has 0 saturated heterocycles. The Morgan fingerprint density at radius 2 is 1.74 bits per heavy atom. The van der Waals surface area contributed by atoms with Crippen LogP contribution in [0.5, 0.6) is 5.75 Å². The van der Waals surface area contributed by atoms with Crippen molar-refractivity contribution < 1.29 is 28.6 Å². The van der Waals surface area contributed by atoms with Gasteiger partial charge < -0.3 is 24.1 Å². The highest BCUT2D eigenvalue weighted by molar-refractivity contribution is 7.18. The predicted molar refractivity (Wildman–Crippen MR) is 166 cm³/mol. The number of hydrogen-bond acceptors (Lipinski definition) is 7. The minimum atomic E-state index is -0.627. The first-order valence-corrected chi connectivity index (χ1v) is 14.7. The highest BCUT2D eigenvalue weighted by Gasteiger charge is 2.29. The van der Waals surface area contributed by atoms with Crippen LogP contribution in [-0.2, 0) is 16.0 Å². The van der Waals surface area contributed by atoms with Crippen molar-refractivity contribution in [2.24, 2.45) is 0 Å². The first-order chi connectivity index (χ1) is 20.2. The van der Waals surface area contributed by atoms with Crippen molar-refractivity contribution >= 4 is 45.1 Å². The number of para-hydroxylation sites is 1. The molecule has 4 aromatic rings. The Labute approximate surface area is 249 Å². The number of allylic oxidation sites excluding steroid dienone is 1. The van der Waals surface area contributed by atoms with Gasteiger partial charge in [0.2, 0.25) is 0 Å². The maximum absolute atomic E-state index is 13.8. The van der Waals surface area contributed by atoms with E-state index in [0.717, 1.165) is 27.8 Å². The molecule has 8 nitrogen and oxygen atoms in total. The van der Waals surface area contributed by atoms with Crippen molar-refractivity contribution in [3.63, 3.8) is 0 Å². The zero-order valence-electron chi connectivity index (χ0n) is 24.6. The van der Waals surface area contributed by atoms with Crippen molar-refractivity contribution in [2.75, 3.05) is 25.1 Å². The highest BCUT2D eigenvalue weighted by atomic mass is 32.1. The molecule has 0 fully saturated rings. The molecule has 1 N–H and O–H groups in total. The molecule has 0 aliphatic rings. The Morgan fingerprint density at radius 1 is 1.00 bits per heavy atom. The SMILES string of the molecule is C=CCn1c(C(=O)Nc2sc(C(=O)OCCOc3ccccc3)c(C)c2C(=O)OCC)c(C)c2cc(C(C)C)ccc21. The molecule has 2 heterocycles. The van der Waals surface area contributed by atoms with Gasteiger partial charge in [-0.15, -0.1) is 17.9 Å². The second-order valence-electron chi connectivity index (χ2n) is 10.0. The lowest BCUT2D eigenvalue weighted by Crippen LogP contribution is -2.19. The Morgan fingerprint density at radius 3 is 2.40 bits per heavy atom. The molecule has 0 atom stereocenters. The quantitative estimate of drug-likeness (QED) is 0.106. The number of esters is 2. The molecule has 2 aromatic heterocycles. The van der Waals surface area contributed by atoms with E-state index in [9.17, 15) is 14.4 Å². The molecule has 0 spiro atoms. The summed E-state index contributed by atoms with van der Waals surface area (Å²) in [5, 5.41) is 4.10. The number of fused-ring (bicyclic) bond motifs is 1. The molecular formula is C33H36N2O6S. The van der Waals surface area contributed by atoms with Crippen LogP contribution in [0, 0.1) is 13.8 Å². The van der Waals surface area contributed by atoms with Gasteiger partial charge >= 0.3 is 11.9 Å². The van der Waals surface area contributed by atoms with Gasteiger partial charge in [0.25, 0.3) is 5.91 Å². The number of aryl methyl sites for hydroxylation is 1. The van der Waals surface area contributed by atoms with E-state index in [-0.39, 0.29) is 35.3 Å². The van der Waals surface area contributed by atoms with Crippen molar-refractivity contribution in [3.05, 3.63) is 94.0 Å². The maximum atomic E-state index is 13.8. The normalized spacial score (nSPS) is 11.0. The van der Waals surface area contributed by atoms with E-state index >= 15 is 0 Å². The van der Waals surface area contributed by atoms with Crippen molar-refractivity contribution in [3.8, 4) is 5.75 Å². The summed E-state index contributed by atoms with van der Waals surface area (Å²) in [5.41, 5.74) is 3.87. The molecule has 220 valence electrons. The van der Waals surface area contributed by atoms with Crippen LogP contribution < -0.4 is 10.1 Å². The zero-order chi connectivity index (χ0) is 30.4. The van der Waals surface area contributed by atoms with Crippen LogP contribution in [0.25, 0.3) is 10.9 Å². The van der Waals surface area contributed by atoms with Crippen molar-refractivity contribution in [1.82, 2.24) is 4.57 Å². The van der Waals surface area contributed by atoms with Gasteiger partial charge in [-0.25, -0.2) is 9.59 Å². The highest BCUT2D eigenvalue weighted by Crippen LogP contribution is 2.36. The summed E-state index contributed by atoms with van der Waals surface area (Å²) in [5.74, 6) is -0.644. The topological polar surface area (TPSA) is 95.9 Å². The lowest BCUT2D eigenvalue weighted by molar-refractivity contribution is 0.0455. The van der Waals surface area contributed by atoms with Crippen LogP contribution in [0.3, 0.4) is 0 Å². The largest absolute Gasteiger partial charge is 0.490 e. The monoisotopic (exact) mass is 588 g/mol. The van der Waals surface area contributed by atoms with Gasteiger partial charge in [0.15, 0.2) is 0 Å². The second kappa shape index (κ2) is 13.5. The van der Waals surface area contributed by atoms with Gasteiger partial charge in [-0.3, -0.25) is 4.79 Å². The molecular weight excluding hydrogens is 552 g/mol. The van der Waals surface area contributed by atoms with E-state index in [1.165, 1.54) is 5.56 Å². The number of anilines is 1. The Bertz CT molecular complexity index is 1620. The number of hydrogen-bond donors (Lipinski definition) is 1. The number of nitrogens with one attached hydrogen (secondary N) is 1. The standard InChI is InChI=1S/C33H36N2O6S/c1-7-16-35-26-15-14-23(20(3)4)19-25(26)21(5)28(35)30(36)34-31-27(32(37)39-8-2)22(6)29(42-31)33(38)41-18-17-40-24-12-10-9-11-13-24/h7,9-15,19-20H,1,8,16-18H2,2-6H3,(H,34,36). The summed E-state index contributed by atoms with van der Waals surface area (Å²) in [6.07, 6.45) is 1.74. The van der Waals surface area contributed by atoms with Gasteiger partial charge in [0.05, 0.1) is 12.2 Å². The maximum Gasteiger partial charge on any atom is 0.348 e. The molecule has 2 aromatic carbocycles. The summed E-state index contributed by atoms with van der Waals surface area (Å²) in [4.78, 5) is 40.1. The Kier molecular flexibility index (Phi) is 9.85. The first-order valence-electron chi connectivity index (χ1n) is 13.9. The Hall–Kier alpha value is -4.37. The number of aromatic nitrogens is 1. The average Bonchev–Trinajstić information content (AvgIpc) is 3.44. The number of rotatable bonds is 12. The third-order valence-corrected chi connectivity index (χ3v) is 8.09. The molecule has 0 bridgehead atoms. The van der Waals surface area contributed by atoms with Gasteiger partial charge in [0.1, 0.15) is 34.5 Å². The number of amides is 1. The molecule has 0 saturated carbocycles. The van der Waals surface area contributed by atoms with E-state index in [1.54, 1.807) is 19.9 Å². The summed E-state index contributed by atoms with van der Waals surface area (Å²) in [6.45, 7) is 14.1. The molecule has 1 amide bonds. The molecule has 9 heteroatoms. The predicted octanol–water partition coefficient (Wildman–Crippen LogP) is 7.29. The van der Waals surface area contributed by atoms with Gasteiger partial charge in [-0.2, -0.15) is 0 Å². The molecule has 42 heavy (non-hydrogen) atoms. The van der Waals surface area contributed by atoms with Crippen LogP contribution in [-0.4, -0.2) is 42.2 Å². The first kappa shape index (κ1) is 30.6. The third kappa shape index (κ3) is 6.41. The molecule has 0 aliphatic heterocycles. The summed E-state index contributed by atoms with van der Waals surface area (Å²) < 4.78 is 18.2. The average molecular weight is 589 g/mol. The van der Waals surface area contributed by atoms with Gasteiger partial charge in [-0.05, 0) is 67.6 Å². The fourth-order valence-electron chi connectivity index (χ4n) is 4.79. The zero-order valence-corrected chi connectivity index (χ0v) is 25.4. The lowest BCUT2D eigenvalue weighted by atomic mass is 10.0. The number of ether oxygens (including phenoxy) is 3. The van der Waals surface area contributed by atoms with Crippen molar-refractivity contribution in [2.45, 2.75) is 47.1 Å². The summed E-state index contributed by atoms with van der Waals surface area (Å²) in [7, 11) is 0. The van der Waals surface area contributed by atoms with Crippen LogP contribution >= 0.6 is 11.3 Å². The van der Waals surface area contributed by atoms with Crippen molar-refractivity contribution in [1.29, 1.82) is 0 Å². The lowest BCUT2D eigenvalue weighted by Gasteiger charge is -2.11. The summed E-state index contributed by atoms with van der Waals surface area (Å²) in [6, 6.07) is 15.4. The molecule has 0 radical (unpaired) electrons. The van der Waals surface area contributed by atoms with E-state index in [4.69, 9.17) is 14.2 Å².